The Bertz CT molecular complexity index is 736. The Morgan fingerprint density at radius 2 is 2.00 bits per heavy atom. The second-order valence-corrected chi connectivity index (χ2v) is 5.98. The number of aliphatic hydroxyl groups is 1. The van der Waals surface area contributed by atoms with Gasteiger partial charge in [0.05, 0.1) is 25.4 Å². The van der Waals surface area contributed by atoms with E-state index in [0.717, 1.165) is 11.1 Å². The number of carbonyl (C=O) groups is 1. The average molecular weight is 344 g/mol. The lowest BCUT2D eigenvalue weighted by Crippen LogP contribution is -2.48. The molecule has 1 aliphatic heterocycles. The minimum atomic E-state index is -0.670. The molecule has 132 valence electrons. The van der Waals surface area contributed by atoms with Gasteiger partial charge in [-0.1, -0.05) is 24.3 Å². The van der Waals surface area contributed by atoms with Crippen LogP contribution in [0.25, 0.3) is 11.1 Å². The molecule has 2 amide bonds. The van der Waals surface area contributed by atoms with Gasteiger partial charge < -0.3 is 20.1 Å². The number of benzene rings is 2. The summed E-state index contributed by atoms with van der Waals surface area (Å²) in [7, 11) is 0. The maximum atomic E-state index is 13.1. The van der Waals surface area contributed by atoms with Crippen LogP contribution in [0, 0.1) is 5.82 Å². The predicted octanol–water partition coefficient (Wildman–Crippen LogP) is 3.11. The number of amides is 2. The number of ether oxygens (including phenoxy) is 1. The highest BCUT2D eigenvalue weighted by Gasteiger charge is 2.33. The Hall–Kier alpha value is -2.44. The number of anilines is 1. The highest BCUT2D eigenvalue weighted by Crippen LogP contribution is 2.23. The van der Waals surface area contributed by atoms with E-state index in [1.807, 2.05) is 25.1 Å². The highest BCUT2D eigenvalue weighted by atomic mass is 19.1. The van der Waals surface area contributed by atoms with Crippen LogP contribution in [0.1, 0.15) is 6.92 Å². The summed E-state index contributed by atoms with van der Waals surface area (Å²) in [4.78, 5) is 14.1. The van der Waals surface area contributed by atoms with E-state index in [9.17, 15) is 14.3 Å². The van der Waals surface area contributed by atoms with E-state index < -0.39 is 6.10 Å². The first-order valence-corrected chi connectivity index (χ1v) is 8.28. The monoisotopic (exact) mass is 344 g/mol. The minimum Gasteiger partial charge on any atom is -0.388 e. The molecule has 1 aliphatic rings. The summed E-state index contributed by atoms with van der Waals surface area (Å²) in [6, 6.07) is 12.9. The molecule has 25 heavy (non-hydrogen) atoms. The molecule has 3 rings (SSSR count). The fourth-order valence-electron chi connectivity index (χ4n) is 2.97. The molecule has 0 aliphatic carbocycles. The van der Waals surface area contributed by atoms with Gasteiger partial charge in [0, 0.05) is 12.2 Å². The van der Waals surface area contributed by atoms with Crippen LogP contribution in [0.3, 0.4) is 0 Å². The summed E-state index contributed by atoms with van der Waals surface area (Å²) < 4.78 is 18.3. The van der Waals surface area contributed by atoms with Crippen molar-refractivity contribution in [2.45, 2.75) is 19.1 Å². The van der Waals surface area contributed by atoms with E-state index in [-0.39, 0.29) is 24.5 Å². The quantitative estimate of drug-likeness (QED) is 0.896. The maximum Gasteiger partial charge on any atom is 0.322 e. The molecule has 2 aromatic rings. The Balaban J connectivity index is 1.74. The van der Waals surface area contributed by atoms with Crippen molar-refractivity contribution in [3.05, 3.63) is 54.3 Å². The predicted molar refractivity (Wildman–Crippen MR) is 93.8 cm³/mol. The second kappa shape index (κ2) is 7.63. The number of hydrogen-bond acceptors (Lipinski definition) is 3. The molecule has 0 spiro atoms. The van der Waals surface area contributed by atoms with E-state index in [1.54, 1.807) is 23.1 Å². The van der Waals surface area contributed by atoms with Crippen molar-refractivity contribution in [2.24, 2.45) is 0 Å². The van der Waals surface area contributed by atoms with Gasteiger partial charge in [-0.25, -0.2) is 9.18 Å². The number of likely N-dealkylation sites (N-methyl/N-ethyl adjacent to an activating group) is 1. The van der Waals surface area contributed by atoms with Gasteiger partial charge in [-0.05, 0) is 42.3 Å². The first-order chi connectivity index (χ1) is 12.1. The van der Waals surface area contributed by atoms with E-state index >= 15 is 0 Å². The zero-order valence-electron chi connectivity index (χ0n) is 14.0. The Morgan fingerprint density at radius 3 is 2.64 bits per heavy atom. The van der Waals surface area contributed by atoms with Crippen molar-refractivity contribution in [2.75, 3.05) is 25.1 Å². The lowest BCUT2D eigenvalue weighted by Gasteiger charge is -2.28. The lowest BCUT2D eigenvalue weighted by molar-refractivity contribution is 0.1000. The molecule has 2 unspecified atom stereocenters. The van der Waals surface area contributed by atoms with Crippen molar-refractivity contribution in [3.8, 4) is 11.1 Å². The maximum absolute atomic E-state index is 13.1. The molecule has 6 heteroatoms. The number of nitrogens with zero attached hydrogens (tertiary/aromatic N) is 1. The van der Waals surface area contributed by atoms with Crippen molar-refractivity contribution >= 4 is 11.7 Å². The number of carbonyl (C=O) groups excluding carboxylic acids is 1. The summed E-state index contributed by atoms with van der Waals surface area (Å²) in [5.41, 5.74) is 2.38. The molecule has 1 heterocycles. The number of halogens is 1. The van der Waals surface area contributed by atoms with Gasteiger partial charge in [-0.2, -0.15) is 0 Å². The van der Waals surface area contributed by atoms with Crippen LogP contribution in [0.5, 0.6) is 0 Å². The fourth-order valence-corrected chi connectivity index (χ4v) is 2.97. The Labute approximate surface area is 146 Å². The first kappa shape index (κ1) is 17.4. The molecule has 5 nitrogen and oxygen atoms in total. The number of aliphatic hydroxyl groups excluding tert-OH is 1. The highest BCUT2D eigenvalue weighted by molar-refractivity contribution is 5.90. The number of nitrogens with one attached hydrogen (secondary N) is 1. The second-order valence-electron chi connectivity index (χ2n) is 5.98. The van der Waals surface area contributed by atoms with E-state index in [1.165, 1.54) is 12.1 Å². The molecule has 2 aromatic carbocycles. The molecule has 0 bridgehead atoms. The standard InChI is InChI=1S/C19H21FN2O3/c1-2-22(17-11-25-12-18(17)23)19(24)21-16-5-3-4-14(10-16)13-6-8-15(20)9-7-13/h3-10,17-18,23H,2,11-12H2,1H3,(H,21,24). The molecular weight excluding hydrogens is 323 g/mol. The largest absolute Gasteiger partial charge is 0.388 e. The number of hydrogen-bond donors (Lipinski definition) is 2. The third kappa shape index (κ3) is 3.97. The molecule has 0 radical (unpaired) electrons. The van der Waals surface area contributed by atoms with Gasteiger partial charge in [0.15, 0.2) is 0 Å². The van der Waals surface area contributed by atoms with Gasteiger partial charge in [0.2, 0.25) is 0 Å². The van der Waals surface area contributed by atoms with E-state index in [2.05, 4.69) is 5.32 Å². The zero-order valence-corrected chi connectivity index (χ0v) is 14.0. The van der Waals surface area contributed by atoms with Crippen molar-refractivity contribution in [1.29, 1.82) is 0 Å². The van der Waals surface area contributed by atoms with Crippen LogP contribution in [0.15, 0.2) is 48.5 Å². The van der Waals surface area contributed by atoms with Crippen molar-refractivity contribution in [1.82, 2.24) is 4.90 Å². The summed E-state index contributed by atoms with van der Waals surface area (Å²) in [6.45, 7) is 2.90. The number of urea groups is 1. The van der Waals surface area contributed by atoms with Crippen LogP contribution in [-0.4, -0.2) is 47.9 Å². The van der Waals surface area contributed by atoms with Crippen LogP contribution in [-0.2, 0) is 4.74 Å². The van der Waals surface area contributed by atoms with Crippen LogP contribution >= 0.6 is 0 Å². The SMILES string of the molecule is CCN(C(=O)Nc1cccc(-c2ccc(F)cc2)c1)C1COCC1O. The summed E-state index contributed by atoms with van der Waals surface area (Å²) >= 11 is 0. The molecular formula is C19H21FN2O3. The van der Waals surface area contributed by atoms with Gasteiger partial charge in [0.1, 0.15) is 5.82 Å². The Kier molecular flexibility index (Phi) is 5.31. The molecule has 1 fully saturated rings. The van der Waals surface area contributed by atoms with Crippen LogP contribution in [0.4, 0.5) is 14.9 Å². The van der Waals surface area contributed by atoms with Gasteiger partial charge in [-0.15, -0.1) is 0 Å². The van der Waals surface area contributed by atoms with E-state index in [4.69, 9.17) is 4.74 Å². The third-order valence-corrected chi connectivity index (χ3v) is 4.31. The fraction of sp³-hybridized carbons (Fsp3) is 0.316. The van der Waals surface area contributed by atoms with Gasteiger partial charge in [0.25, 0.3) is 0 Å². The average Bonchev–Trinajstić information content (AvgIpc) is 3.02. The summed E-state index contributed by atoms with van der Waals surface area (Å²) in [5, 5.41) is 12.8. The molecule has 2 N–H and O–H groups in total. The molecule has 0 aromatic heterocycles. The van der Waals surface area contributed by atoms with Crippen LogP contribution < -0.4 is 5.32 Å². The number of rotatable bonds is 4. The summed E-state index contributed by atoms with van der Waals surface area (Å²) in [6.07, 6.45) is -0.670. The molecule has 0 saturated carbocycles. The topological polar surface area (TPSA) is 61.8 Å². The third-order valence-electron chi connectivity index (χ3n) is 4.31. The molecule has 2 atom stereocenters. The van der Waals surface area contributed by atoms with Gasteiger partial charge in [-0.3, -0.25) is 0 Å². The first-order valence-electron chi connectivity index (χ1n) is 8.28. The minimum absolute atomic E-state index is 0.245. The molecule has 1 saturated heterocycles. The lowest BCUT2D eigenvalue weighted by atomic mass is 10.1. The van der Waals surface area contributed by atoms with Crippen LogP contribution in [0.2, 0.25) is 0 Å². The van der Waals surface area contributed by atoms with Crippen molar-refractivity contribution < 1.29 is 19.0 Å². The smallest absolute Gasteiger partial charge is 0.322 e. The normalized spacial score (nSPS) is 19.6. The van der Waals surface area contributed by atoms with Gasteiger partial charge >= 0.3 is 6.03 Å². The van der Waals surface area contributed by atoms with Crippen molar-refractivity contribution in [3.63, 3.8) is 0 Å². The van der Waals surface area contributed by atoms with E-state index in [0.29, 0.717) is 18.8 Å². The Morgan fingerprint density at radius 1 is 1.24 bits per heavy atom. The summed E-state index contributed by atoms with van der Waals surface area (Å²) in [5.74, 6) is -0.288. The zero-order chi connectivity index (χ0) is 17.8.